The number of anilines is 4. The molecule has 5 heteroatoms. The SMILES string of the molecule is c1ccc(Nc2cccnc2Nc2ccccn2)nc1. The molecule has 0 aliphatic rings. The second kappa shape index (κ2) is 5.79. The van der Waals surface area contributed by atoms with Gasteiger partial charge in [0.05, 0.1) is 5.69 Å². The molecule has 0 saturated heterocycles. The molecule has 5 nitrogen and oxygen atoms in total. The van der Waals surface area contributed by atoms with E-state index in [0.717, 1.165) is 17.3 Å². The van der Waals surface area contributed by atoms with Crippen molar-refractivity contribution in [2.45, 2.75) is 0 Å². The molecular formula is C15H13N5. The largest absolute Gasteiger partial charge is 0.337 e. The van der Waals surface area contributed by atoms with Crippen molar-refractivity contribution in [3.05, 3.63) is 67.1 Å². The Labute approximate surface area is 116 Å². The fourth-order valence-corrected chi connectivity index (χ4v) is 1.74. The van der Waals surface area contributed by atoms with Crippen molar-refractivity contribution in [2.75, 3.05) is 10.6 Å². The second-order valence-electron chi connectivity index (χ2n) is 4.08. The number of pyridine rings is 3. The molecule has 3 aromatic heterocycles. The van der Waals surface area contributed by atoms with Crippen LogP contribution in [0.5, 0.6) is 0 Å². The van der Waals surface area contributed by atoms with Crippen LogP contribution in [-0.2, 0) is 0 Å². The average molecular weight is 263 g/mol. The summed E-state index contributed by atoms with van der Waals surface area (Å²) < 4.78 is 0. The maximum atomic E-state index is 4.33. The van der Waals surface area contributed by atoms with Crippen LogP contribution < -0.4 is 10.6 Å². The number of hydrogen-bond donors (Lipinski definition) is 2. The van der Waals surface area contributed by atoms with Crippen LogP contribution in [0, 0.1) is 0 Å². The third kappa shape index (κ3) is 2.89. The van der Waals surface area contributed by atoms with E-state index in [1.807, 2.05) is 48.5 Å². The lowest BCUT2D eigenvalue weighted by atomic mass is 10.3. The molecule has 0 bridgehead atoms. The predicted molar refractivity (Wildman–Crippen MR) is 79.3 cm³/mol. The summed E-state index contributed by atoms with van der Waals surface area (Å²) >= 11 is 0. The topological polar surface area (TPSA) is 62.7 Å². The number of nitrogens with one attached hydrogen (secondary N) is 2. The number of nitrogens with zero attached hydrogens (tertiary/aromatic N) is 3. The molecule has 0 spiro atoms. The summed E-state index contributed by atoms with van der Waals surface area (Å²) in [6.07, 6.45) is 5.20. The number of rotatable bonds is 4. The van der Waals surface area contributed by atoms with E-state index in [0.29, 0.717) is 5.82 Å². The standard InChI is InChI=1S/C15H13N5/c1-3-9-16-13(7-1)19-12-6-5-11-18-15(12)20-14-8-2-4-10-17-14/h1-11H,(H,16,19)(H,17,18,20). The van der Waals surface area contributed by atoms with Gasteiger partial charge >= 0.3 is 0 Å². The van der Waals surface area contributed by atoms with Gasteiger partial charge in [-0.15, -0.1) is 0 Å². The normalized spacial score (nSPS) is 10.0. The molecule has 0 unspecified atom stereocenters. The van der Waals surface area contributed by atoms with Gasteiger partial charge in [-0.1, -0.05) is 12.1 Å². The highest BCUT2D eigenvalue weighted by Crippen LogP contribution is 2.24. The third-order valence-corrected chi connectivity index (χ3v) is 2.65. The summed E-state index contributed by atoms with van der Waals surface area (Å²) in [5.41, 5.74) is 0.844. The molecule has 2 N–H and O–H groups in total. The Morgan fingerprint density at radius 2 is 1.25 bits per heavy atom. The number of aromatic nitrogens is 3. The van der Waals surface area contributed by atoms with Crippen molar-refractivity contribution in [2.24, 2.45) is 0 Å². The maximum Gasteiger partial charge on any atom is 0.155 e. The van der Waals surface area contributed by atoms with E-state index in [2.05, 4.69) is 25.6 Å². The van der Waals surface area contributed by atoms with Gasteiger partial charge < -0.3 is 10.6 Å². The molecule has 3 rings (SSSR count). The summed E-state index contributed by atoms with van der Waals surface area (Å²) in [5, 5.41) is 6.41. The second-order valence-corrected chi connectivity index (χ2v) is 4.08. The van der Waals surface area contributed by atoms with Crippen molar-refractivity contribution < 1.29 is 0 Å². The van der Waals surface area contributed by atoms with Crippen LogP contribution in [-0.4, -0.2) is 15.0 Å². The van der Waals surface area contributed by atoms with Gasteiger partial charge in [0.1, 0.15) is 11.6 Å². The molecule has 20 heavy (non-hydrogen) atoms. The highest BCUT2D eigenvalue weighted by Gasteiger charge is 2.04. The minimum absolute atomic E-state index is 0.705. The van der Waals surface area contributed by atoms with Crippen molar-refractivity contribution in [1.29, 1.82) is 0 Å². The zero-order valence-electron chi connectivity index (χ0n) is 10.7. The molecule has 0 aliphatic carbocycles. The monoisotopic (exact) mass is 263 g/mol. The van der Waals surface area contributed by atoms with Gasteiger partial charge in [0, 0.05) is 18.6 Å². The third-order valence-electron chi connectivity index (χ3n) is 2.65. The van der Waals surface area contributed by atoms with Crippen LogP contribution >= 0.6 is 0 Å². The Morgan fingerprint density at radius 1 is 0.600 bits per heavy atom. The first-order valence-corrected chi connectivity index (χ1v) is 6.23. The van der Waals surface area contributed by atoms with Crippen LogP contribution in [0.2, 0.25) is 0 Å². The van der Waals surface area contributed by atoms with Crippen molar-refractivity contribution in [1.82, 2.24) is 15.0 Å². The highest BCUT2D eigenvalue weighted by atomic mass is 15.1. The molecular weight excluding hydrogens is 250 g/mol. The van der Waals surface area contributed by atoms with Gasteiger partial charge in [-0.3, -0.25) is 0 Å². The fourth-order valence-electron chi connectivity index (χ4n) is 1.74. The zero-order valence-corrected chi connectivity index (χ0v) is 10.7. The lowest BCUT2D eigenvalue weighted by Gasteiger charge is -2.11. The first-order valence-electron chi connectivity index (χ1n) is 6.23. The zero-order chi connectivity index (χ0) is 13.6. The quantitative estimate of drug-likeness (QED) is 0.755. The van der Waals surface area contributed by atoms with Crippen molar-refractivity contribution >= 4 is 23.1 Å². The maximum absolute atomic E-state index is 4.33. The van der Waals surface area contributed by atoms with E-state index in [1.54, 1.807) is 18.6 Å². The lowest BCUT2D eigenvalue weighted by Crippen LogP contribution is -2.01. The van der Waals surface area contributed by atoms with Crippen LogP contribution in [0.25, 0.3) is 0 Å². The molecule has 0 aliphatic heterocycles. The minimum Gasteiger partial charge on any atom is -0.337 e. The Balaban J connectivity index is 1.85. The molecule has 0 radical (unpaired) electrons. The molecule has 0 amide bonds. The van der Waals surface area contributed by atoms with Crippen LogP contribution in [0.4, 0.5) is 23.1 Å². The molecule has 0 fully saturated rings. The van der Waals surface area contributed by atoms with Gasteiger partial charge in [-0.25, -0.2) is 15.0 Å². The van der Waals surface area contributed by atoms with E-state index in [1.165, 1.54) is 0 Å². The first-order chi connectivity index (χ1) is 9.92. The first kappa shape index (κ1) is 12.1. The summed E-state index contributed by atoms with van der Waals surface area (Å²) in [5.74, 6) is 2.22. The summed E-state index contributed by atoms with van der Waals surface area (Å²) in [4.78, 5) is 12.8. The number of hydrogen-bond acceptors (Lipinski definition) is 5. The molecule has 98 valence electrons. The average Bonchev–Trinajstić information content (AvgIpc) is 2.51. The fraction of sp³-hybridized carbons (Fsp3) is 0. The molecule has 0 atom stereocenters. The molecule has 3 heterocycles. The van der Waals surface area contributed by atoms with E-state index >= 15 is 0 Å². The Kier molecular flexibility index (Phi) is 3.51. The Bertz CT molecular complexity index is 610. The van der Waals surface area contributed by atoms with E-state index in [-0.39, 0.29) is 0 Å². The van der Waals surface area contributed by atoms with E-state index in [9.17, 15) is 0 Å². The van der Waals surface area contributed by atoms with Crippen molar-refractivity contribution in [3.8, 4) is 0 Å². The van der Waals surface area contributed by atoms with Gasteiger partial charge in [-0.2, -0.15) is 0 Å². The molecule has 0 aromatic carbocycles. The smallest absolute Gasteiger partial charge is 0.155 e. The van der Waals surface area contributed by atoms with Crippen LogP contribution in [0.15, 0.2) is 67.1 Å². The summed E-state index contributed by atoms with van der Waals surface area (Å²) in [6.45, 7) is 0. The van der Waals surface area contributed by atoms with Crippen LogP contribution in [0.3, 0.4) is 0 Å². The van der Waals surface area contributed by atoms with Crippen LogP contribution in [0.1, 0.15) is 0 Å². The Morgan fingerprint density at radius 3 is 1.90 bits per heavy atom. The molecule has 3 aromatic rings. The lowest BCUT2D eigenvalue weighted by molar-refractivity contribution is 1.24. The van der Waals surface area contributed by atoms with E-state index in [4.69, 9.17) is 0 Å². The Hall–Kier alpha value is -2.95. The van der Waals surface area contributed by atoms with Gasteiger partial charge in [0.2, 0.25) is 0 Å². The predicted octanol–water partition coefficient (Wildman–Crippen LogP) is 3.36. The van der Waals surface area contributed by atoms with E-state index < -0.39 is 0 Å². The van der Waals surface area contributed by atoms with Gasteiger partial charge in [0.25, 0.3) is 0 Å². The van der Waals surface area contributed by atoms with Gasteiger partial charge in [-0.05, 0) is 36.4 Å². The molecule has 0 saturated carbocycles. The van der Waals surface area contributed by atoms with Crippen molar-refractivity contribution in [3.63, 3.8) is 0 Å². The minimum atomic E-state index is 0.705. The highest BCUT2D eigenvalue weighted by molar-refractivity contribution is 5.72. The summed E-state index contributed by atoms with van der Waals surface area (Å²) in [6, 6.07) is 15.2. The summed E-state index contributed by atoms with van der Waals surface area (Å²) in [7, 11) is 0. The van der Waals surface area contributed by atoms with Gasteiger partial charge in [0.15, 0.2) is 5.82 Å².